The summed E-state index contributed by atoms with van der Waals surface area (Å²) in [5, 5.41) is 0.615. The van der Waals surface area contributed by atoms with Crippen LogP contribution in [0.5, 0.6) is 0 Å². The molecule has 4 heterocycles. The Bertz CT molecular complexity index is 1650. The number of hydrogen-bond donors (Lipinski definition) is 1. The van der Waals surface area contributed by atoms with E-state index in [1.807, 2.05) is 49.6 Å². The molecule has 0 fully saturated rings. The number of imidazole rings is 1. The van der Waals surface area contributed by atoms with Gasteiger partial charge < -0.3 is 14.0 Å². The molecular formula is C27H28N6O3. The fourth-order valence-electron chi connectivity index (χ4n) is 4.52. The topological polar surface area (TPSA) is 110 Å². The third-order valence-corrected chi connectivity index (χ3v) is 6.69. The highest BCUT2D eigenvalue weighted by Crippen LogP contribution is 2.23. The summed E-state index contributed by atoms with van der Waals surface area (Å²) in [5.41, 5.74) is 5.20. The number of pyridine rings is 1. The van der Waals surface area contributed by atoms with Crippen LogP contribution in [0.3, 0.4) is 0 Å². The highest BCUT2D eigenvalue weighted by molar-refractivity contribution is 5.81. The first-order chi connectivity index (χ1) is 17.4. The Morgan fingerprint density at radius 1 is 1.03 bits per heavy atom. The van der Waals surface area contributed by atoms with Crippen molar-refractivity contribution in [3.05, 3.63) is 97.9 Å². The van der Waals surface area contributed by atoms with Gasteiger partial charge in [0.15, 0.2) is 16.6 Å². The van der Waals surface area contributed by atoms with Gasteiger partial charge in [-0.15, -0.1) is 0 Å². The van der Waals surface area contributed by atoms with E-state index in [-0.39, 0.29) is 11.0 Å². The second kappa shape index (κ2) is 9.87. The first-order valence-electron chi connectivity index (χ1n) is 11.9. The number of nitrogens with zero attached hydrogens (tertiary/aromatic N) is 5. The molecule has 5 rings (SSSR count). The van der Waals surface area contributed by atoms with Gasteiger partial charge in [0, 0.05) is 38.6 Å². The largest absolute Gasteiger partial charge is 0.460 e. The van der Waals surface area contributed by atoms with Gasteiger partial charge >= 0.3 is 0 Å². The zero-order valence-electron chi connectivity index (χ0n) is 20.6. The molecule has 0 radical (unpaired) electrons. The molecule has 0 aliphatic carbocycles. The Kier molecular flexibility index (Phi) is 6.47. The average Bonchev–Trinajstić information content (AvgIpc) is 3.29. The van der Waals surface area contributed by atoms with E-state index in [9.17, 15) is 9.59 Å². The minimum atomic E-state index is -0.248. The van der Waals surface area contributed by atoms with Crippen LogP contribution in [0, 0.1) is 20.8 Å². The smallest absolute Gasteiger partial charge is 0.278 e. The van der Waals surface area contributed by atoms with E-state index >= 15 is 0 Å². The Labute approximate surface area is 207 Å². The fraction of sp³-hybridized carbons (Fsp3) is 0.296. The number of aromatic nitrogens is 5. The van der Waals surface area contributed by atoms with Crippen LogP contribution >= 0.6 is 0 Å². The number of hydrogen-bond acceptors (Lipinski definition) is 7. The van der Waals surface area contributed by atoms with Crippen molar-refractivity contribution in [3.63, 3.8) is 0 Å². The third kappa shape index (κ3) is 4.57. The Hall–Kier alpha value is -4.11. The van der Waals surface area contributed by atoms with Gasteiger partial charge in [-0.25, -0.2) is 9.97 Å². The molecule has 0 unspecified atom stereocenters. The maximum absolute atomic E-state index is 13.5. The molecule has 0 amide bonds. The predicted octanol–water partition coefficient (Wildman–Crippen LogP) is 3.64. The van der Waals surface area contributed by atoms with Crippen molar-refractivity contribution in [2.75, 3.05) is 6.54 Å². The summed E-state index contributed by atoms with van der Waals surface area (Å²) in [7, 11) is 0. The van der Waals surface area contributed by atoms with Crippen molar-refractivity contribution < 1.29 is 4.42 Å². The minimum Gasteiger partial charge on any atom is -0.460 e. The minimum absolute atomic E-state index is 0.0145. The molecular weight excluding hydrogens is 456 g/mol. The fourth-order valence-corrected chi connectivity index (χ4v) is 4.52. The van der Waals surface area contributed by atoms with Crippen molar-refractivity contribution in [1.29, 1.82) is 0 Å². The molecule has 0 aliphatic rings. The van der Waals surface area contributed by atoms with E-state index in [4.69, 9.17) is 4.42 Å². The summed E-state index contributed by atoms with van der Waals surface area (Å²) in [5.74, 6) is 0.643. The van der Waals surface area contributed by atoms with Gasteiger partial charge in [0.05, 0.1) is 23.6 Å². The molecule has 5 aromatic rings. The van der Waals surface area contributed by atoms with Crippen molar-refractivity contribution in [3.8, 4) is 0 Å². The molecule has 9 heteroatoms. The molecule has 1 aromatic carbocycles. The van der Waals surface area contributed by atoms with E-state index < -0.39 is 0 Å². The highest BCUT2D eigenvalue weighted by atomic mass is 16.3. The summed E-state index contributed by atoms with van der Waals surface area (Å²) in [6.45, 7) is 8.35. The van der Waals surface area contributed by atoms with Gasteiger partial charge in [0.25, 0.3) is 5.56 Å². The van der Waals surface area contributed by atoms with Crippen molar-refractivity contribution in [2.24, 2.45) is 0 Å². The Morgan fingerprint density at radius 2 is 1.83 bits per heavy atom. The molecule has 0 bridgehead atoms. The number of aryl methyl sites for hydroxylation is 4. The monoisotopic (exact) mass is 484 g/mol. The van der Waals surface area contributed by atoms with Crippen LogP contribution in [0.1, 0.15) is 34.4 Å². The first-order valence-corrected chi connectivity index (χ1v) is 11.9. The van der Waals surface area contributed by atoms with Crippen LogP contribution < -0.4 is 11.0 Å². The first kappa shape index (κ1) is 23.6. The number of H-pyrrole nitrogens is 1. The average molecular weight is 485 g/mol. The molecule has 0 saturated carbocycles. The van der Waals surface area contributed by atoms with Crippen molar-refractivity contribution >= 4 is 22.1 Å². The van der Waals surface area contributed by atoms with Gasteiger partial charge in [-0.3, -0.25) is 19.5 Å². The number of benzene rings is 1. The van der Waals surface area contributed by atoms with Gasteiger partial charge in [0.1, 0.15) is 11.3 Å². The van der Waals surface area contributed by atoms with E-state index in [1.165, 1.54) is 6.33 Å². The van der Waals surface area contributed by atoms with Crippen LogP contribution in [-0.4, -0.2) is 35.9 Å². The van der Waals surface area contributed by atoms with E-state index in [1.54, 1.807) is 18.7 Å². The normalized spacial score (nSPS) is 11.7. The van der Waals surface area contributed by atoms with Crippen molar-refractivity contribution in [2.45, 2.75) is 46.8 Å². The second-order valence-corrected chi connectivity index (χ2v) is 9.11. The van der Waals surface area contributed by atoms with Crippen LogP contribution in [0.2, 0.25) is 0 Å². The summed E-state index contributed by atoms with van der Waals surface area (Å²) in [6.07, 6.45) is 7.36. The lowest BCUT2D eigenvalue weighted by atomic mass is 10.0. The molecule has 4 aromatic heterocycles. The van der Waals surface area contributed by atoms with Gasteiger partial charge in [-0.2, -0.15) is 0 Å². The molecule has 36 heavy (non-hydrogen) atoms. The summed E-state index contributed by atoms with van der Waals surface area (Å²) in [6, 6.07) is 7.79. The Morgan fingerprint density at radius 3 is 2.64 bits per heavy atom. The predicted molar refractivity (Wildman–Crippen MR) is 138 cm³/mol. The van der Waals surface area contributed by atoms with E-state index in [2.05, 4.69) is 24.8 Å². The van der Waals surface area contributed by atoms with Crippen molar-refractivity contribution in [1.82, 2.24) is 29.4 Å². The number of fused-ring (bicyclic) bond motifs is 2. The lowest BCUT2D eigenvalue weighted by Crippen LogP contribution is -2.28. The summed E-state index contributed by atoms with van der Waals surface area (Å²) in [4.78, 5) is 42.8. The van der Waals surface area contributed by atoms with Crippen LogP contribution in [0.4, 0.5) is 0 Å². The van der Waals surface area contributed by atoms with Crippen LogP contribution in [0.25, 0.3) is 22.1 Å². The quantitative estimate of drug-likeness (QED) is 0.358. The number of rotatable bonds is 8. The zero-order chi connectivity index (χ0) is 25.2. The number of nitrogens with one attached hydrogen (secondary N) is 1. The second-order valence-electron chi connectivity index (χ2n) is 9.11. The van der Waals surface area contributed by atoms with E-state index in [0.29, 0.717) is 53.1 Å². The lowest BCUT2D eigenvalue weighted by molar-refractivity contribution is 0.245. The van der Waals surface area contributed by atoms with Gasteiger partial charge in [-0.05, 0) is 62.1 Å². The highest BCUT2D eigenvalue weighted by Gasteiger charge is 2.17. The maximum atomic E-state index is 13.5. The van der Waals surface area contributed by atoms with Crippen LogP contribution in [-0.2, 0) is 19.6 Å². The van der Waals surface area contributed by atoms with Gasteiger partial charge in [-0.1, -0.05) is 6.07 Å². The Balaban J connectivity index is 1.41. The number of aromatic amines is 1. The third-order valence-electron chi connectivity index (χ3n) is 6.69. The van der Waals surface area contributed by atoms with Gasteiger partial charge in [0.2, 0.25) is 0 Å². The van der Waals surface area contributed by atoms with E-state index in [0.717, 1.165) is 29.7 Å². The molecule has 0 spiro atoms. The lowest BCUT2D eigenvalue weighted by Gasteiger charge is -2.23. The molecule has 9 nitrogen and oxygen atoms in total. The zero-order valence-corrected chi connectivity index (χ0v) is 20.6. The summed E-state index contributed by atoms with van der Waals surface area (Å²) >= 11 is 0. The molecule has 0 saturated heterocycles. The molecule has 0 aliphatic heterocycles. The summed E-state index contributed by atoms with van der Waals surface area (Å²) < 4.78 is 8.05. The maximum Gasteiger partial charge on any atom is 0.278 e. The standard InChI is InChI=1S/C27H28N6O3/c1-17-5-6-21-24(34)22(19(3)36-25(21)18(17)2)14-32(13-20-7-9-28-10-8-20)11-4-12-33-16-31-23-26(33)29-15-30-27(23)35/h5-10,15-16H,4,11-14H2,1-3H3,(H,29,30,35). The molecule has 184 valence electrons. The SMILES string of the molecule is Cc1ccc2c(=O)c(CN(CCCn3cnc4c(=O)[nH]cnc43)Cc3ccncc3)c(C)oc2c1C. The van der Waals surface area contributed by atoms with Crippen LogP contribution in [0.15, 0.2) is 63.3 Å². The molecule has 1 N–H and O–H groups in total. The molecule has 0 atom stereocenters.